The summed E-state index contributed by atoms with van der Waals surface area (Å²) >= 11 is 0. The molecule has 0 radical (unpaired) electrons. The maximum atomic E-state index is 15.6. The van der Waals surface area contributed by atoms with Crippen molar-refractivity contribution in [3.8, 4) is 17.5 Å². The smallest absolute Gasteiger partial charge is 0.331 e. The second-order valence-corrected chi connectivity index (χ2v) is 21.1. The summed E-state index contributed by atoms with van der Waals surface area (Å²) in [5.41, 5.74) is 3.09. The Balaban J connectivity index is 0.784. The van der Waals surface area contributed by atoms with Crippen molar-refractivity contribution in [2.24, 2.45) is 5.92 Å². The molecule has 0 saturated heterocycles. The number of hydrogen-bond donors (Lipinski definition) is 3. The molecule has 3 N–H and O–H groups in total. The Kier molecular flexibility index (Phi) is 16.9. The SMILES string of the molecule is CC[C@@]1(C#N)C(=O)OCc2c1cc1n(c2=O)Cc2c-1nc1cc(F)c(C)c3c1c2[C@@H](CC(=O)C(OCNC(=O)CCC(=O)[C@H](Cc1ccccc1)NC(=O)CCC(=O)CNC(=O)CCCCCN1C(=O)C=CC1=O)C1CC1)CC3. The number of amides is 5. The quantitative estimate of drug-likeness (QED) is 0.0285. The molecule has 2 aromatic heterocycles. The summed E-state index contributed by atoms with van der Waals surface area (Å²) < 4.78 is 28.6. The number of nitrogens with zero attached hydrogens (tertiary/aromatic N) is 4. The first-order valence-corrected chi connectivity index (χ1v) is 27.1. The molecule has 0 bridgehead atoms. The van der Waals surface area contributed by atoms with Crippen LogP contribution in [-0.2, 0) is 84.0 Å². The number of Topliss-reactive ketones (excluding diaryl/α,β-unsaturated/α-hetero) is 3. The molecule has 412 valence electrons. The molecule has 5 amide bonds. The standard InChI is InChI=1S/C59H62FN7O12/c1-3-59(31-61)41-26-45-55-39(29-67(45)57(76)40(41)30-78-58(59)77)53-36(15-17-38-33(2)42(60)27-44(65-55)54(38)53)25-47(70)56(35-13-14-35)79-32-63-49(72)20-18-46(69)43(24-34-10-6-4-7-11-34)64-50(73)19-16-37(68)28-62-48(71)12-8-5-9-23-66-51(74)21-22-52(66)75/h4,6-7,10-11,21-22,26-27,35-36,43,56H,3,5,8-9,12-20,23-25,28-30,32H2,1-2H3,(H,62,71)(H,63,72)(H,64,73)/t36-,43+,56?,59+/m1/s1. The van der Waals surface area contributed by atoms with Crippen molar-refractivity contribution in [3.63, 3.8) is 0 Å². The van der Waals surface area contributed by atoms with Gasteiger partial charge in [0, 0.05) is 74.2 Å². The van der Waals surface area contributed by atoms with Crippen molar-refractivity contribution in [2.75, 3.05) is 19.8 Å². The van der Waals surface area contributed by atoms with Crippen LogP contribution in [0.1, 0.15) is 135 Å². The molecule has 1 unspecified atom stereocenters. The number of halogens is 1. The zero-order valence-corrected chi connectivity index (χ0v) is 44.2. The number of ketones is 3. The van der Waals surface area contributed by atoms with Gasteiger partial charge in [-0.25, -0.2) is 14.2 Å². The molecule has 9 rings (SSSR count). The third-order valence-corrected chi connectivity index (χ3v) is 16.0. The number of hydrogen-bond acceptors (Lipinski definition) is 14. The number of nitrogens with one attached hydrogen (secondary N) is 3. The van der Waals surface area contributed by atoms with Gasteiger partial charge in [0.15, 0.2) is 22.8 Å². The molecule has 79 heavy (non-hydrogen) atoms. The number of ether oxygens (including phenoxy) is 2. The van der Waals surface area contributed by atoms with Crippen LogP contribution in [0.3, 0.4) is 0 Å². The van der Waals surface area contributed by atoms with Crippen LogP contribution in [0, 0.1) is 30.0 Å². The molecule has 3 aliphatic heterocycles. The van der Waals surface area contributed by atoms with E-state index in [1.54, 1.807) is 48.7 Å². The molecule has 0 spiro atoms. The van der Waals surface area contributed by atoms with Gasteiger partial charge in [0.25, 0.3) is 17.4 Å². The van der Waals surface area contributed by atoms with Gasteiger partial charge in [-0.1, -0.05) is 43.7 Å². The number of fused-ring (bicyclic) bond motifs is 5. The van der Waals surface area contributed by atoms with Crippen LogP contribution in [0.15, 0.2) is 59.4 Å². The number of pyridine rings is 2. The first-order valence-electron chi connectivity index (χ1n) is 27.1. The highest BCUT2D eigenvalue weighted by molar-refractivity contribution is 6.12. The van der Waals surface area contributed by atoms with Crippen molar-refractivity contribution in [3.05, 3.63) is 110 Å². The zero-order valence-electron chi connectivity index (χ0n) is 44.2. The maximum absolute atomic E-state index is 15.6. The number of unbranched alkanes of at least 4 members (excludes halogenated alkanes) is 2. The Morgan fingerprint density at radius 2 is 1.61 bits per heavy atom. The van der Waals surface area contributed by atoms with Crippen molar-refractivity contribution in [1.82, 2.24) is 30.4 Å². The van der Waals surface area contributed by atoms with E-state index in [0.29, 0.717) is 60.1 Å². The Morgan fingerprint density at radius 3 is 2.33 bits per heavy atom. The molecular formula is C59H62FN7O12. The number of aryl methyl sites for hydroxylation is 1. The Bertz CT molecular complexity index is 3310. The molecule has 5 aliphatic rings. The average Bonchev–Trinajstić information content (AvgIpc) is 4.15. The van der Waals surface area contributed by atoms with E-state index in [2.05, 4.69) is 22.0 Å². The van der Waals surface area contributed by atoms with Gasteiger partial charge in [0.1, 0.15) is 25.3 Å². The fraction of sp³-hybridized carbons (Fsp3) is 0.458. The lowest BCUT2D eigenvalue weighted by Crippen LogP contribution is -2.43. The molecule has 19 nitrogen and oxygen atoms in total. The number of benzene rings is 2. The molecular weight excluding hydrogens is 1020 g/mol. The molecule has 4 aromatic rings. The van der Waals surface area contributed by atoms with Crippen LogP contribution in [0.2, 0.25) is 0 Å². The molecule has 2 aliphatic carbocycles. The van der Waals surface area contributed by atoms with Gasteiger partial charge in [0.05, 0.1) is 47.7 Å². The predicted molar refractivity (Wildman–Crippen MR) is 282 cm³/mol. The number of imide groups is 1. The molecule has 2 aromatic carbocycles. The van der Waals surface area contributed by atoms with E-state index >= 15 is 4.39 Å². The Morgan fingerprint density at radius 1 is 0.873 bits per heavy atom. The normalized spacial score (nSPS) is 18.5. The van der Waals surface area contributed by atoms with Gasteiger partial charge < -0.3 is 30.0 Å². The lowest BCUT2D eigenvalue weighted by Gasteiger charge is -2.30. The summed E-state index contributed by atoms with van der Waals surface area (Å²) in [5, 5.41) is 19.0. The molecule has 1 fully saturated rings. The average molecular weight is 1080 g/mol. The monoisotopic (exact) mass is 1080 g/mol. The summed E-state index contributed by atoms with van der Waals surface area (Å²) in [6, 6.07) is 13.1. The van der Waals surface area contributed by atoms with Gasteiger partial charge in [-0.15, -0.1) is 0 Å². The van der Waals surface area contributed by atoms with Crippen LogP contribution in [0.25, 0.3) is 22.3 Å². The van der Waals surface area contributed by atoms with Gasteiger partial charge >= 0.3 is 5.97 Å². The number of rotatable bonds is 26. The summed E-state index contributed by atoms with van der Waals surface area (Å²) in [6.45, 7) is 2.90. The summed E-state index contributed by atoms with van der Waals surface area (Å²) in [4.78, 5) is 136. The van der Waals surface area contributed by atoms with E-state index in [9.17, 15) is 53.2 Å². The minimum Gasteiger partial charge on any atom is -0.459 e. The maximum Gasteiger partial charge on any atom is 0.331 e. The van der Waals surface area contributed by atoms with E-state index in [1.807, 2.05) is 6.07 Å². The second kappa shape index (κ2) is 23.9. The van der Waals surface area contributed by atoms with Crippen LogP contribution in [0.5, 0.6) is 0 Å². The van der Waals surface area contributed by atoms with Gasteiger partial charge in [0.2, 0.25) is 17.7 Å². The van der Waals surface area contributed by atoms with Crippen LogP contribution < -0.4 is 21.5 Å². The Labute approximate surface area is 454 Å². The van der Waals surface area contributed by atoms with E-state index in [4.69, 9.17) is 14.5 Å². The molecule has 5 heterocycles. The lowest BCUT2D eigenvalue weighted by molar-refractivity contribution is -0.152. The summed E-state index contributed by atoms with van der Waals surface area (Å²) in [7, 11) is 0. The largest absolute Gasteiger partial charge is 0.459 e. The van der Waals surface area contributed by atoms with Crippen molar-refractivity contribution >= 4 is 63.8 Å². The number of esters is 1. The van der Waals surface area contributed by atoms with Gasteiger partial charge in [-0.05, 0) is 104 Å². The number of carbonyl (C=O) groups is 9. The highest BCUT2D eigenvalue weighted by Gasteiger charge is 2.48. The first-order chi connectivity index (χ1) is 38.0. The van der Waals surface area contributed by atoms with Crippen molar-refractivity contribution < 1.29 is 57.0 Å². The zero-order chi connectivity index (χ0) is 56.1. The second-order valence-electron chi connectivity index (χ2n) is 21.1. The van der Waals surface area contributed by atoms with Crippen LogP contribution in [0.4, 0.5) is 4.39 Å². The van der Waals surface area contributed by atoms with Crippen molar-refractivity contribution in [1.29, 1.82) is 5.26 Å². The van der Waals surface area contributed by atoms with E-state index in [-0.39, 0.29) is 137 Å². The highest BCUT2D eigenvalue weighted by Crippen LogP contribution is 2.48. The number of aromatic nitrogens is 2. The number of cyclic esters (lactones) is 1. The van der Waals surface area contributed by atoms with Crippen LogP contribution >= 0.6 is 0 Å². The predicted octanol–water partition coefficient (Wildman–Crippen LogP) is 4.99. The third kappa shape index (κ3) is 11.9. The molecule has 4 atom stereocenters. The van der Waals surface area contributed by atoms with E-state index in [1.165, 1.54) is 18.2 Å². The van der Waals surface area contributed by atoms with Crippen molar-refractivity contribution in [2.45, 2.75) is 147 Å². The fourth-order valence-corrected chi connectivity index (χ4v) is 11.4. The topological polar surface area (TPSA) is 270 Å². The fourth-order valence-electron chi connectivity index (χ4n) is 11.4. The minimum absolute atomic E-state index is 0.0534. The summed E-state index contributed by atoms with van der Waals surface area (Å²) in [5.74, 6) is -4.73. The van der Waals surface area contributed by atoms with E-state index in [0.717, 1.165) is 39.8 Å². The highest BCUT2D eigenvalue weighted by atomic mass is 19.1. The first kappa shape index (κ1) is 55.7. The number of nitriles is 1. The third-order valence-electron chi connectivity index (χ3n) is 16.0. The van der Waals surface area contributed by atoms with Crippen LogP contribution in [-0.4, -0.2) is 99.3 Å². The Hall–Kier alpha value is -8.05. The van der Waals surface area contributed by atoms with Gasteiger partial charge in [-0.3, -0.25) is 48.1 Å². The van der Waals surface area contributed by atoms with E-state index < -0.39 is 52.5 Å². The van der Waals surface area contributed by atoms with Gasteiger partial charge in [-0.2, -0.15) is 5.26 Å². The minimum atomic E-state index is -1.69. The molecule has 20 heteroatoms. The molecule has 1 saturated carbocycles. The lowest BCUT2D eigenvalue weighted by atomic mass is 9.75. The number of carbonyl (C=O) groups excluding carboxylic acids is 9. The summed E-state index contributed by atoms with van der Waals surface area (Å²) in [6.07, 6.45) is 5.18.